The van der Waals surface area contributed by atoms with E-state index in [-0.39, 0.29) is 6.10 Å². The molecule has 4 saturated carbocycles. The third kappa shape index (κ3) is 2.54. The number of rotatable bonds is 5. The molecular formula is C18H28N2O. The Balaban J connectivity index is 1.43. The van der Waals surface area contributed by atoms with Crippen molar-refractivity contribution in [2.75, 3.05) is 0 Å². The topological polar surface area (TPSA) is 38.0 Å². The van der Waals surface area contributed by atoms with Gasteiger partial charge >= 0.3 is 0 Å². The molecule has 1 heterocycles. The fourth-order valence-corrected chi connectivity index (χ4v) is 6.14. The second kappa shape index (κ2) is 5.12. The summed E-state index contributed by atoms with van der Waals surface area (Å²) in [5, 5.41) is 10.6. The summed E-state index contributed by atoms with van der Waals surface area (Å²) < 4.78 is 2.16. The van der Waals surface area contributed by atoms with Gasteiger partial charge in [0.15, 0.2) is 0 Å². The lowest BCUT2D eigenvalue weighted by atomic mass is 9.48. The highest BCUT2D eigenvalue weighted by Crippen LogP contribution is 2.61. The zero-order valence-electron chi connectivity index (χ0n) is 13.2. The summed E-state index contributed by atoms with van der Waals surface area (Å²) >= 11 is 0. The summed E-state index contributed by atoms with van der Waals surface area (Å²) in [5.74, 6) is 3.97. The third-order valence-electron chi connectivity index (χ3n) is 6.39. The van der Waals surface area contributed by atoms with Crippen LogP contribution in [0.25, 0.3) is 0 Å². The number of hydrogen-bond donors (Lipinski definition) is 1. The molecule has 1 aromatic heterocycles. The first kappa shape index (κ1) is 13.8. The van der Waals surface area contributed by atoms with Crippen LogP contribution in [0.2, 0.25) is 0 Å². The van der Waals surface area contributed by atoms with Gasteiger partial charge in [-0.05, 0) is 75.0 Å². The van der Waals surface area contributed by atoms with E-state index in [1.165, 1.54) is 38.5 Å². The van der Waals surface area contributed by atoms with Crippen LogP contribution in [-0.4, -0.2) is 20.8 Å². The predicted molar refractivity (Wildman–Crippen MR) is 82.8 cm³/mol. The largest absolute Gasteiger partial charge is 0.393 e. The van der Waals surface area contributed by atoms with Crippen molar-refractivity contribution in [3.05, 3.63) is 18.2 Å². The fourth-order valence-electron chi connectivity index (χ4n) is 6.14. The lowest BCUT2D eigenvalue weighted by Crippen LogP contribution is -2.47. The van der Waals surface area contributed by atoms with E-state index in [9.17, 15) is 5.11 Å². The molecule has 0 radical (unpaired) electrons. The van der Waals surface area contributed by atoms with Crippen LogP contribution in [-0.2, 0) is 13.0 Å². The average Bonchev–Trinajstić information content (AvgIpc) is 2.83. The van der Waals surface area contributed by atoms with Crippen LogP contribution in [0.4, 0.5) is 0 Å². The highest BCUT2D eigenvalue weighted by atomic mass is 16.3. The molecule has 1 aromatic rings. The Bertz CT molecular complexity index is 472. The van der Waals surface area contributed by atoms with E-state index < -0.39 is 0 Å². The second-order valence-electron chi connectivity index (χ2n) is 8.11. The van der Waals surface area contributed by atoms with Crippen LogP contribution in [0, 0.1) is 23.2 Å². The Morgan fingerprint density at radius 1 is 1.24 bits per heavy atom. The van der Waals surface area contributed by atoms with Gasteiger partial charge in [-0.1, -0.05) is 0 Å². The third-order valence-corrected chi connectivity index (χ3v) is 6.39. The molecule has 21 heavy (non-hydrogen) atoms. The van der Waals surface area contributed by atoms with Gasteiger partial charge in [-0.15, -0.1) is 0 Å². The number of aromatic nitrogens is 2. The summed E-state index contributed by atoms with van der Waals surface area (Å²) in [6.07, 6.45) is 14.0. The minimum Gasteiger partial charge on any atom is -0.393 e. The van der Waals surface area contributed by atoms with Crippen molar-refractivity contribution in [1.82, 2.24) is 9.55 Å². The molecule has 0 spiro atoms. The minimum atomic E-state index is -0.214. The van der Waals surface area contributed by atoms with Crippen molar-refractivity contribution in [2.24, 2.45) is 23.2 Å². The number of hydrogen-bond acceptors (Lipinski definition) is 2. The van der Waals surface area contributed by atoms with Gasteiger partial charge in [0, 0.05) is 25.4 Å². The van der Waals surface area contributed by atoms with Gasteiger partial charge in [-0.2, -0.15) is 0 Å². The van der Waals surface area contributed by atoms with Crippen LogP contribution < -0.4 is 0 Å². The number of aliphatic hydroxyl groups excluding tert-OH is 1. The van der Waals surface area contributed by atoms with Crippen LogP contribution in [0.5, 0.6) is 0 Å². The molecule has 116 valence electrons. The smallest absolute Gasteiger partial charge is 0.111 e. The maximum Gasteiger partial charge on any atom is 0.111 e. The van der Waals surface area contributed by atoms with Crippen LogP contribution in [0.15, 0.2) is 12.4 Å². The van der Waals surface area contributed by atoms with Gasteiger partial charge < -0.3 is 9.67 Å². The number of aliphatic hydroxyl groups is 1. The first-order chi connectivity index (χ1) is 10.2. The molecule has 0 amide bonds. The molecule has 5 rings (SSSR count). The molecular weight excluding hydrogens is 260 g/mol. The monoisotopic (exact) mass is 288 g/mol. The Morgan fingerprint density at radius 2 is 1.86 bits per heavy atom. The Labute approximate surface area is 127 Å². The highest BCUT2D eigenvalue weighted by Gasteiger charge is 2.51. The summed E-state index contributed by atoms with van der Waals surface area (Å²) in [6.45, 7) is 3.08. The van der Waals surface area contributed by atoms with E-state index in [4.69, 9.17) is 0 Å². The maximum absolute atomic E-state index is 10.6. The summed E-state index contributed by atoms with van der Waals surface area (Å²) in [7, 11) is 0. The Morgan fingerprint density at radius 3 is 2.43 bits per heavy atom. The first-order valence-electron chi connectivity index (χ1n) is 8.84. The molecule has 1 N–H and O–H groups in total. The SMILES string of the molecule is CCn1ccnc1CC(O)CC12CC3CC(CC(C3)C1)C2. The zero-order chi connectivity index (χ0) is 14.4. The summed E-state index contributed by atoms with van der Waals surface area (Å²) in [5.41, 5.74) is 0.470. The lowest BCUT2D eigenvalue weighted by Gasteiger charge is -2.57. The van der Waals surface area contributed by atoms with E-state index in [0.717, 1.165) is 43.0 Å². The quantitative estimate of drug-likeness (QED) is 0.901. The molecule has 1 atom stereocenters. The normalized spacial score (nSPS) is 38.9. The highest BCUT2D eigenvalue weighted by molar-refractivity contribution is 5.03. The van der Waals surface area contributed by atoms with Crippen molar-refractivity contribution in [2.45, 2.75) is 70.9 Å². The van der Waals surface area contributed by atoms with Crippen LogP contribution in [0.3, 0.4) is 0 Å². The summed E-state index contributed by atoms with van der Waals surface area (Å²) in [4.78, 5) is 4.42. The molecule has 4 bridgehead atoms. The van der Waals surface area contributed by atoms with Gasteiger partial charge in [0.05, 0.1) is 6.10 Å². The van der Waals surface area contributed by atoms with E-state index >= 15 is 0 Å². The number of nitrogens with zero attached hydrogens (tertiary/aromatic N) is 2. The minimum absolute atomic E-state index is 0.214. The van der Waals surface area contributed by atoms with Gasteiger partial charge in [-0.25, -0.2) is 4.98 Å². The van der Waals surface area contributed by atoms with Crippen molar-refractivity contribution in [1.29, 1.82) is 0 Å². The molecule has 3 nitrogen and oxygen atoms in total. The molecule has 0 saturated heterocycles. The molecule has 0 aliphatic heterocycles. The standard InChI is InChI=1S/C18H28N2O/c1-2-20-4-3-19-17(20)8-16(21)12-18-9-13-5-14(10-18)7-15(6-13)11-18/h3-4,13-16,21H,2,5-12H2,1H3. The number of imidazole rings is 1. The molecule has 4 fully saturated rings. The summed E-state index contributed by atoms with van der Waals surface area (Å²) in [6, 6.07) is 0. The maximum atomic E-state index is 10.6. The van der Waals surface area contributed by atoms with Gasteiger partial charge in [0.25, 0.3) is 0 Å². The van der Waals surface area contributed by atoms with Crippen molar-refractivity contribution >= 4 is 0 Å². The average molecular weight is 288 g/mol. The van der Waals surface area contributed by atoms with Crippen LogP contribution in [0.1, 0.15) is 57.7 Å². The van der Waals surface area contributed by atoms with Crippen molar-refractivity contribution < 1.29 is 5.11 Å². The molecule has 0 aromatic carbocycles. The van der Waals surface area contributed by atoms with E-state index in [0.29, 0.717) is 5.41 Å². The van der Waals surface area contributed by atoms with E-state index in [2.05, 4.69) is 16.5 Å². The Hall–Kier alpha value is -0.830. The fraction of sp³-hybridized carbons (Fsp3) is 0.833. The number of aryl methyl sites for hydroxylation is 1. The predicted octanol–water partition coefficient (Wildman–Crippen LogP) is 3.41. The van der Waals surface area contributed by atoms with Crippen molar-refractivity contribution in [3.63, 3.8) is 0 Å². The lowest BCUT2D eigenvalue weighted by molar-refractivity contribution is -0.0758. The first-order valence-corrected chi connectivity index (χ1v) is 8.84. The van der Waals surface area contributed by atoms with Gasteiger partial charge in [-0.3, -0.25) is 0 Å². The Kier molecular flexibility index (Phi) is 3.36. The zero-order valence-corrected chi connectivity index (χ0v) is 13.2. The molecule has 1 unspecified atom stereocenters. The second-order valence-corrected chi connectivity index (χ2v) is 8.11. The van der Waals surface area contributed by atoms with E-state index in [1.54, 1.807) is 0 Å². The van der Waals surface area contributed by atoms with E-state index in [1.807, 2.05) is 12.4 Å². The molecule has 4 aliphatic rings. The van der Waals surface area contributed by atoms with Gasteiger partial charge in [0.1, 0.15) is 5.82 Å². The molecule has 3 heteroatoms. The molecule has 4 aliphatic carbocycles. The van der Waals surface area contributed by atoms with Crippen molar-refractivity contribution in [3.8, 4) is 0 Å². The van der Waals surface area contributed by atoms with Crippen LogP contribution >= 0.6 is 0 Å². The van der Waals surface area contributed by atoms with Gasteiger partial charge in [0.2, 0.25) is 0 Å².